The molecule has 0 heterocycles. The summed E-state index contributed by atoms with van der Waals surface area (Å²) in [5.74, 6) is -0.341. The minimum atomic E-state index is -3.71. The summed E-state index contributed by atoms with van der Waals surface area (Å²) in [5.41, 5.74) is 1.74. The quantitative estimate of drug-likeness (QED) is 0.681. The van der Waals surface area contributed by atoms with Gasteiger partial charge in [-0.25, -0.2) is 13.2 Å². The molecule has 134 valence electrons. The Kier molecular flexibility index (Phi) is 6.84. The second kappa shape index (κ2) is 8.87. The Morgan fingerprint density at radius 3 is 2.20 bits per heavy atom. The first-order valence-corrected chi connectivity index (χ1v) is 10.3. The van der Waals surface area contributed by atoms with Gasteiger partial charge in [-0.3, -0.25) is 0 Å². The van der Waals surface area contributed by atoms with Gasteiger partial charge in [0.15, 0.2) is 0 Å². The lowest BCUT2D eigenvalue weighted by Gasteiger charge is -2.28. The number of ether oxygens (including phenoxy) is 1. The van der Waals surface area contributed by atoms with Crippen molar-refractivity contribution in [2.24, 2.45) is 0 Å². The van der Waals surface area contributed by atoms with E-state index in [1.807, 2.05) is 67.6 Å². The maximum absolute atomic E-state index is 12.5. The molecule has 0 spiro atoms. The first kappa shape index (κ1) is 19.3. The molecule has 2 aromatic carbocycles. The van der Waals surface area contributed by atoms with Gasteiger partial charge >= 0.3 is 6.09 Å². The molecule has 1 atom stereocenters. The van der Waals surface area contributed by atoms with Gasteiger partial charge in [0.05, 0.1) is 11.8 Å². The SMILES string of the molecule is CC(c1ccccc1)N(CCS(=O)(=O)Cl)C(=O)OCc1ccccc1. The Bertz CT molecular complexity index is 781. The Morgan fingerprint density at radius 2 is 1.64 bits per heavy atom. The van der Waals surface area contributed by atoms with E-state index in [0.717, 1.165) is 11.1 Å². The average molecular weight is 382 g/mol. The van der Waals surface area contributed by atoms with Gasteiger partial charge in [0.1, 0.15) is 6.61 Å². The number of halogens is 1. The molecule has 1 amide bonds. The predicted molar refractivity (Wildman–Crippen MR) is 97.8 cm³/mol. The molecule has 0 saturated heterocycles. The van der Waals surface area contributed by atoms with Gasteiger partial charge in [0.25, 0.3) is 0 Å². The van der Waals surface area contributed by atoms with E-state index in [1.54, 1.807) is 0 Å². The molecular weight excluding hydrogens is 362 g/mol. The molecule has 0 aliphatic rings. The van der Waals surface area contributed by atoms with E-state index < -0.39 is 15.1 Å². The minimum absolute atomic E-state index is 0.0461. The fraction of sp³-hybridized carbons (Fsp3) is 0.278. The molecular formula is C18H20ClNO4S. The number of hydrogen-bond donors (Lipinski definition) is 0. The lowest BCUT2D eigenvalue weighted by molar-refractivity contribution is 0.0856. The van der Waals surface area contributed by atoms with Crippen LogP contribution >= 0.6 is 10.7 Å². The van der Waals surface area contributed by atoms with Crippen molar-refractivity contribution in [3.05, 3.63) is 71.8 Å². The highest BCUT2D eigenvalue weighted by molar-refractivity contribution is 8.13. The van der Waals surface area contributed by atoms with Crippen molar-refractivity contribution in [1.29, 1.82) is 0 Å². The second-order valence-corrected chi connectivity index (χ2v) is 8.46. The predicted octanol–water partition coefficient (Wildman–Crippen LogP) is 3.96. The van der Waals surface area contributed by atoms with Crippen LogP contribution in [0.2, 0.25) is 0 Å². The summed E-state index contributed by atoms with van der Waals surface area (Å²) in [7, 11) is 1.59. The second-order valence-electron chi connectivity index (χ2n) is 5.56. The highest BCUT2D eigenvalue weighted by Gasteiger charge is 2.24. The van der Waals surface area contributed by atoms with Gasteiger partial charge in [-0.15, -0.1) is 0 Å². The summed E-state index contributed by atoms with van der Waals surface area (Å²) in [6, 6.07) is 18.3. The van der Waals surface area contributed by atoms with Crippen LogP contribution in [0.1, 0.15) is 24.1 Å². The molecule has 1 unspecified atom stereocenters. The number of rotatable bonds is 7. The summed E-state index contributed by atoms with van der Waals surface area (Å²) in [6.07, 6.45) is -0.583. The van der Waals surface area contributed by atoms with E-state index >= 15 is 0 Å². The number of hydrogen-bond acceptors (Lipinski definition) is 4. The van der Waals surface area contributed by atoms with Crippen molar-refractivity contribution in [2.75, 3.05) is 12.3 Å². The largest absolute Gasteiger partial charge is 0.445 e. The lowest BCUT2D eigenvalue weighted by atomic mass is 10.1. The highest BCUT2D eigenvalue weighted by Crippen LogP contribution is 2.21. The Labute approximate surface area is 152 Å². The summed E-state index contributed by atoms with van der Waals surface area (Å²) >= 11 is 0. The van der Waals surface area contributed by atoms with Crippen LogP contribution in [0, 0.1) is 0 Å². The molecule has 7 heteroatoms. The van der Waals surface area contributed by atoms with Crippen molar-refractivity contribution in [3.63, 3.8) is 0 Å². The molecule has 2 aromatic rings. The number of carbonyl (C=O) groups is 1. The third-order valence-electron chi connectivity index (χ3n) is 3.77. The molecule has 0 fully saturated rings. The molecule has 0 aromatic heterocycles. The molecule has 0 saturated carbocycles. The van der Waals surface area contributed by atoms with Gasteiger partial charge in [0, 0.05) is 17.2 Å². The summed E-state index contributed by atoms with van der Waals surface area (Å²) in [4.78, 5) is 13.9. The first-order valence-electron chi connectivity index (χ1n) is 7.81. The minimum Gasteiger partial charge on any atom is -0.445 e. The van der Waals surface area contributed by atoms with Crippen LogP contribution < -0.4 is 0 Å². The monoisotopic (exact) mass is 381 g/mol. The average Bonchev–Trinajstić information content (AvgIpc) is 2.60. The number of nitrogens with zero attached hydrogens (tertiary/aromatic N) is 1. The van der Waals surface area contributed by atoms with E-state index in [-0.39, 0.29) is 24.9 Å². The zero-order chi connectivity index (χ0) is 18.3. The van der Waals surface area contributed by atoms with Gasteiger partial charge in [-0.1, -0.05) is 60.7 Å². The fourth-order valence-corrected chi connectivity index (χ4v) is 2.99. The number of carbonyl (C=O) groups excluding carboxylic acids is 1. The Morgan fingerprint density at radius 1 is 1.08 bits per heavy atom. The topological polar surface area (TPSA) is 63.7 Å². The molecule has 0 aliphatic carbocycles. The Hall–Kier alpha value is -2.05. The van der Waals surface area contributed by atoms with Crippen molar-refractivity contribution in [1.82, 2.24) is 4.90 Å². The van der Waals surface area contributed by atoms with Crippen molar-refractivity contribution < 1.29 is 17.9 Å². The molecule has 0 radical (unpaired) electrons. The van der Waals surface area contributed by atoms with E-state index in [0.29, 0.717) is 0 Å². The van der Waals surface area contributed by atoms with E-state index in [9.17, 15) is 13.2 Å². The van der Waals surface area contributed by atoms with Crippen LogP contribution in [-0.4, -0.2) is 31.7 Å². The van der Waals surface area contributed by atoms with Gasteiger partial charge in [-0.2, -0.15) is 0 Å². The molecule has 0 N–H and O–H groups in total. The van der Waals surface area contributed by atoms with Gasteiger partial charge in [0.2, 0.25) is 9.05 Å². The van der Waals surface area contributed by atoms with Crippen molar-refractivity contribution in [2.45, 2.75) is 19.6 Å². The van der Waals surface area contributed by atoms with Crippen LogP contribution in [0.25, 0.3) is 0 Å². The summed E-state index contributed by atoms with van der Waals surface area (Å²) in [6.45, 7) is 1.89. The van der Waals surface area contributed by atoms with Crippen LogP contribution in [0.3, 0.4) is 0 Å². The molecule has 25 heavy (non-hydrogen) atoms. The normalized spacial score (nSPS) is 12.4. The zero-order valence-corrected chi connectivity index (χ0v) is 15.4. The lowest BCUT2D eigenvalue weighted by Crippen LogP contribution is -2.37. The summed E-state index contributed by atoms with van der Waals surface area (Å²) < 4.78 is 27.9. The smallest absolute Gasteiger partial charge is 0.410 e. The van der Waals surface area contributed by atoms with Gasteiger partial charge < -0.3 is 9.64 Å². The van der Waals surface area contributed by atoms with Gasteiger partial charge in [-0.05, 0) is 18.1 Å². The van der Waals surface area contributed by atoms with Crippen LogP contribution in [0.4, 0.5) is 4.79 Å². The third kappa shape index (κ3) is 6.40. The third-order valence-corrected chi connectivity index (χ3v) is 4.90. The maximum Gasteiger partial charge on any atom is 0.410 e. The highest BCUT2D eigenvalue weighted by atomic mass is 35.7. The fourth-order valence-electron chi connectivity index (χ4n) is 2.36. The standard InChI is InChI=1S/C18H20ClNO4S/c1-15(17-10-6-3-7-11-17)20(12-13-25(19,22)23)18(21)24-14-16-8-4-2-5-9-16/h2-11,15H,12-14H2,1H3. The van der Waals surface area contributed by atoms with Crippen molar-refractivity contribution in [3.8, 4) is 0 Å². The number of benzene rings is 2. The van der Waals surface area contributed by atoms with Crippen LogP contribution in [0.15, 0.2) is 60.7 Å². The molecule has 0 bridgehead atoms. The van der Waals surface area contributed by atoms with Crippen molar-refractivity contribution >= 4 is 25.8 Å². The molecule has 5 nitrogen and oxygen atoms in total. The summed E-state index contributed by atoms with van der Waals surface area (Å²) in [5, 5.41) is 0. The van der Waals surface area contributed by atoms with E-state index in [4.69, 9.17) is 15.4 Å². The number of amides is 1. The molecule has 2 rings (SSSR count). The molecule has 0 aliphatic heterocycles. The van der Waals surface area contributed by atoms with Crippen LogP contribution in [-0.2, 0) is 20.4 Å². The van der Waals surface area contributed by atoms with E-state index in [2.05, 4.69) is 0 Å². The van der Waals surface area contributed by atoms with E-state index in [1.165, 1.54) is 4.90 Å². The first-order chi connectivity index (χ1) is 11.9. The zero-order valence-electron chi connectivity index (χ0n) is 13.8. The Balaban J connectivity index is 2.10. The maximum atomic E-state index is 12.5. The van der Waals surface area contributed by atoms with Crippen LogP contribution in [0.5, 0.6) is 0 Å².